The normalized spacial score (nSPS) is 18.0. The lowest BCUT2D eigenvalue weighted by Crippen LogP contribution is -2.41. The number of aromatic nitrogens is 3. The van der Waals surface area contributed by atoms with E-state index in [9.17, 15) is 9.59 Å². The van der Waals surface area contributed by atoms with E-state index in [-0.39, 0.29) is 23.9 Å². The van der Waals surface area contributed by atoms with Crippen LogP contribution in [-0.2, 0) is 21.3 Å². The number of thioether (sulfide) groups is 1. The number of carbonyl (C=O) groups excluding carboxylic acids is 2. The second-order valence-electron chi connectivity index (χ2n) is 7.38. The van der Waals surface area contributed by atoms with Gasteiger partial charge in [0.05, 0.1) is 19.0 Å². The summed E-state index contributed by atoms with van der Waals surface area (Å²) in [5, 5.41) is 11.3. The highest BCUT2D eigenvalue weighted by Crippen LogP contribution is 2.27. The molecule has 0 radical (unpaired) electrons. The number of hydrogen-bond acceptors (Lipinski definition) is 7. The number of nitrogens with one attached hydrogen (secondary N) is 1. The fraction of sp³-hybridized carbons (Fsp3) is 0.500. The zero-order valence-corrected chi connectivity index (χ0v) is 17.6. The number of likely N-dealkylation sites (tertiary alicyclic amines) is 1. The molecule has 30 heavy (non-hydrogen) atoms. The van der Waals surface area contributed by atoms with Gasteiger partial charge in [-0.1, -0.05) is 17.8 Å². The fourth-order valence-electron chi connectivity index (χ4n) is 3.67. The summed E-state index contributed by atoms with van der Waals surface area (Å²) in [5.74, 6) is 0.369. The maximum atomic E-state index is 12.9. The van der Waals surface area contributed by atoms with Gasteiger partial charge in [0.25, 0.3) is 5.91 Å². The third kappa shape index (κ3) is 5.00. The summed E-state index contributed by atoms with van der Waals surface area (Å²) in [5.41, 5.74) is 1.17. The van der Waals surface area contributed by atoms with Gasteiger partial charge in [-0.05, 0) is 31.0 Å². The molecular formula is C20H25N5O4S. The quantitative estimate of drug-likeness (QED) is 0.696. The van der Waals surface area contributed by atoms with Crippen molar-refractivity contribution in [2.75, 3.05) is 37.4 Å². The average Bonchev–Trinajstić information content (AvgIpc) is 3.44. The lowest BCUT2D eigenvalue weighted by atomic mass is 9.95. The van der Waals surface area contributed by atoms with E-state index in [0.29, 0.717) is 48.6 Å². The molecule has 2 aromatic rings. The molecule has 0 bridgehead atoms. The number of rotatable bonds is 6. The van der Waals surface area contributed by atoms with Crippen molar-refractivity contribution in [2.24, 2.45) is 13.0 Å². The van der Waals surface area contributed by atoms with Crippen LogP contribution < -0.4 is 5.32 Å². The van der Waals surface area contributed by atoms with Gasteiger partial charge < -0.3 is 24.3 Å². The van der Waals surface area contributed by atoms with Crippen molar-refractivity contribution in [3.8, 4) is 0 Å². The van der Waals surface area contributed by atoms with Crippen molar-refractivity contribution in [1.82, 2.24) is 19.7 Å². The van der Waals surface area contributed by atoms with Crippen LogP contribution in [0.1, 0.15) is 23.2 Å². The van der Waals surface area contributed by atoms with Crippen LogP contribution in [0.2, 0.25) is 0 Å². The van der Waals surface area contributed by atoms with Gasteiger partial charge in [0.1, 0.15) is 6.33 Å². The van der Waals surface area contributed by atoms with Crippen molar-refractivity contribution in [1.29, 1.82) is 0 Å². The van der Waals surface area contributed by atoms with Crippen LogP contribution in [0.4, 0.5) is 5.69 Å². The first-order valence-corrected chi connectivity index (χ1v) is 11.0. The Hall–Kier alpha value is -2.43. The fourth-order valence-corrected chi connectivity index (χ4v) is 4.35. The van der Waals surface area contributed by atoms with Crippen LogP contribution in [0.25, 0.3) is 0 Å². The van der Waals surface area contributed by atoms with Crippen LogP contribution in [0.3, 0.4) is 0 Å². The van der Waals surface area contributed by atoms with Gasteiger partial charge in [-0.2, -0.15) is 0 Å². The molecule has 0 saturated carbocycles. The van der Waals surface area contributed by atoms with E-state index in [2.05, 4.69) is 15.5 Å². The second kappa shape index (κ2) is 9.59. The minimum Gasteiger partial charge on any atom is -0.350 e. The van der Waals surface area contributed by atoms with Gasteiger partial charge in [-0.3, -0.25) is 9.59 Å². The molecule has 1 N–H and O–H groups in total. The summed E-state index contributed by atoms with van der Waals surface area (Å²) >= 11 is 1.31. The molecule has 2 amide bonds. The molecule has 0 unspecified atom stereocenters. The summed E-state index contributed by atoms with van der Waals surface area (Å²) < 4.78 is 13.0. The van der Waals surface area contributed by atoms with Crippen LogP contribution in [0.15, 0.2) is 35.7 Å². The predicted molar refractivity (Wildman–Crippen MR) is 111 cm³/mol. The van der Waals surface area contributed by atoms with Gasteiger partial charge in [0.2, 0.25) is 5.91 Å². The smallest absolute Gasteiger partial charge is 0.253 e. The molecule has 1 aromatic carbocycles. The van der Waals surface area contributed by atoms with E-state index in [4.69, 9.17) is 9.47 Å². The van der Waals surface area contributed by atoms with Crippen LogP contribution >= 0.6 is 11.8 Å². The molecule has 0 spiro atoms. The topological polar surface area (TPSA) is 98.6 Å². The Labute approximate surface area is 179 Å². The molecule has 4 rings (SSSR count). The van der Waals surface area contributed by atoms with E-state index < -0.39 is 0 Å². The third-order valence-electron chi connectivity index (χ3n) is 5.25. The van der Waals surface area contributed by atoms with Crippen molar-refractivity contribution in [2.45, 2.75) is 24.3 Å². The molecule has 2 fully saturated rings. The Balaban J connectivity index is 1.29. The monoisotopic (exact) mass is 431 g/mol. The van der Waals surface area contributed by atoms with Gasteiger partial charge in [0.15, 0.2) is 11.4 Å². The van der Waals surface area contributed by atoms with E-state index in [1.165, 1.54) is 11.8 Å². The van der Waals surface area contributed by atoms with Gasteiger partial charge in [0, 0.05) is 37.3 Å². The highest BCUT2D eigenvalue weighted by molar-refractivity contribution is 7.99. The SMILES string of the molecule is Cn1cnnc1SCC(=O)Nc1cccc(C(=O)N2CCC(C3OCCO3)CC2)c1. The molecule has 3 heterocycles. The number of hydrogen-bond donors (Lipinski definition) is 1. The third-order valence-corrected chi connectivity index (χ3v) is 6.29. The Morgan fingerprint density at radius 2 is 2.00 bits per heavy atom. The van der Waals surface area contributed by atoms with Crippen LogP contribution in [-0.4, -0.2) is 69.8 Å². The molecule has 0 aliphatic carbocycles. The van der Waals surface area contributed by atoms with E-state index in [1.807, 2.05) is 11.9 Å². The number of aryl methyl sites for hydroxylation is 1. The van der Waals surface area contributed by atoms with Crippen molar-refractivity contribution in [3.63, 3.8) is 0 Å². The summed E-state index contributed by atoms with van der Waals surface area (Å²) in [6.45, 7) is 2.66. The second-order valence-corrected chi connectivity index (χ2v) is 8.32. The standard InChI is InChI=1S/C20H25N5O4S/c1-24-13-21-23-20(24)30-12-17(26)22-16-4-2-3-15(11-16)18(27)25-7-5-14(6-8-25)19-28-9-10-29-19/h2-4,11,13-14,19H,5-10,12H2,1H3,(H,22,26). The molecule has 1 aromatic heterocycles. The van der Waals surface area contributed by atoms with Gasteiger partial charge in [-0.15, -0.1) is 10.2 Å². The highest BCUT2D eigenvalue weighted by atomic mass is 32.2. The Bertz CT molecular complexity index is 891. The maximum Gasteiger partial charge on any atom is 0.253 e. The lowest BCUT2D eigenvalue weighted by molar-refractivity contribution is -0.113. The van der Waals surface area contributed by atoms with Gasteiger partial charge in [-0.25, -0.2) is 0 Å². The van der Waals surface area contributed by atoms with Crippen molar-refractivity contribution < 1.29 is 19.1 Å². The summed E-state index contributed by atoms with van der Waals surface area (Å²) in [7, 11) is 1.83. The number of nitrogens with zero attached hydrogens (tertiary/aromatic N) is 4. The van der Waals surface area contributed by atoms with Crippen molar-refractivity contribution >= 4 is 29.3 Å². The van der Waals surface area contributed by atoms with E-state index in [0.717, 1.165) is 12.8 Å². The van der Waals surface area contributed by atoms with E-state index in [1.54, 1.807) is 35.2 Å². The largest absolute Gasteiger partial charge is 0.350 e. The first kappa shape index (κ1) is 20.8. The Morgan fingerprint density at radius 3 is 2.70 bits per heavy atom. The number of carbonyl (C=O) groups is 2. The minimum absolute atomic E-state index is 0.0220. The molecule has 0 atom stereocenters. The zero-order chi connectivity index (χ0) is 20.9. The number of benzene rings is 1. The number of piperidine rings is 1. The van der Waals surface area contributed by atoms with Crippen LogP contribution in [0, 0.1) is 5.92 Å². The number of amides is 2. The van der Waals surface area contributed by atoms with Crippen molar-refractivity contribution in [3.05, 3.63) is 36.2 Å². The summed E-state index contributed by atoms with van der Waals surface area (Å²) in [4.78, 5) is 27.0. The van der Waals surface area contributed by atoms with E-state index >= 15 is 0 Å². The molecular weight excluding hydrogens is 406 g/mol. The Kier molecular flexibility index (Phi) is 6.66. The average molecular weight is 432 g/mol. The molecule has 160 valence electrons. The van der Waals surface area contributed by atoms with Crippen LogP contribution in [0.5, 0.6) is 0 Å². The number of anilines is 1. The molecule has 2 aliphatic rings. The summed E-state index contributed by atoms with van der Waals surface area (Å²) in [6, 6.07) is 7.07. The maximum absolute atomic E-state index is 12.9. The Morgan fingerprint density at radius 1 is 1.23 bits per heavy atom. The highest BCUT2D eigenvalue weighted by Gasteiger charge is 2.32. The number of ether oxygens (including phenoxy) is 2. The first-order valence-electron chi connectivity index (χ1n) is 9.99. The first-order chi connectivity index (χ1) is 14.6. The molecule has 2 aliphatic heterocycles. The lowest BCUT2D eigenvalue weighted by Gasteiger charge is -2.34. The molecule has 9 nitrogen and oxygen atoms in total. The molecule has 2 saturated heterocycles. The van der Waals surface area contributed by atoms with Gasteiger partial charge >= 0.3 is 0 Å². The molecule has 10 heteroatoms. The summed E-state index contributed by atoms with van der Waals surface area (Å²) in [6.07, 6.45) is 3.20. The predicted octanol–water partition coefficient (Wildman–Crippen LogP) is 1.77. The zero-order valence-electron chi connectivity index (χ0n) is 16.8. The minimum atomic E-state index is -0.162.